The normalized spacial score (nSPS) is 21.0. The highest BCUT2D eigenvalue weighted by molar-refractivity contribution is 5.42. The maximum atomic E-state index is 5.64. The van der Waals surface area contributed by atoms with Gasteiger partial charge in [0.15, 0.2) is 11.5 Å². The van der Waals surface area contributed by atoms with Crippen LogP contribution in [0.3, 0.4) is 0 Å². The van der Waals surface area contributed by atoms with Crippen molar-refractivity contribution in [3.05, 3.63) is 23.8 Å². The molecule has 0 heterocycles. The number of rotatable bonds is 6. The van der Waals surface area contributed by atoms with Gasteiger partial charge in [-0.25, -0.2) is 0 Å². The molecule has 1 fully saturated rings. The Balaban J connectivity index is 1.95. The van der Waals surface area contributed by atoms with E-state index in [1.165, 1.54) is 31.2 Å². The summed E-state index contributed by atoms with van der Waals surface area (Å²) in [7, 11) is 1.68. The molecule has 1 aromatic rings. The quantitative estimate of drug-likeness (QED) is 0.854. The Kier molecular flexibility index (Phi) is 5.51. The lowest BCUT2D eigenvalue weighted by Gasteiger charge is -2.35. The monoisotopic (exact) mass is 291 g/mol. The number of methoxy groups -OCH3 is 1. The van der Waals surface area contributed by atoms with Gasteiger partial charge >= 0.3 is 0 Å². The fourth-order valence-electron chi connectivity index (χ4n) is 3.23. The van der Waals surface area contributed by atoms with E-state index in [0.29, 0.717) is 18.1 Å². The van der Waals surface area contributed by atoms with Crippen LogP contribution >= 0.6 is 0 Å². The van der Waals surface area contributed by atoms with Crippen molar-refractivity contribution >= 4 is 0 Å². The smallest absolute Gasteiger partial charge is 0.161 e. The summed E-state index contributed by atoms with van der Waals surface area (Å²) in [6.07, 6.45) is 5.24. The summed E-state index contributed by atoms with van der Waals surface area (Å²) in [6.45, 7) is 8.30. The average molecular weight is 291 g/mol. The molecule has 1 aliphatic rings. The summed E-state index contributed by atoms with van der Waals surface area (Å²) in [5, 5.41) is 3.70. The molecular weight excluding hydrogens is 262 g/mol. The van der Waals surface area contributed by atoms with Crippen LogP contribution in [0, 0.1) is 5.41 Å². The summed E-state index contributed by atoms with van der Waals surface area (Å²) in [6, 6.07) is 6.82. The zero-order valence-electron chi connectivity index (χ0n) is 13.9. The number of hydrogen-bond donors (Lipinski definition) is 1. The van der Waals surface area contributed by atoms with Crippen molar-refractivity contribution in [2.75, 3.05) is 13.7 Å². The lowest BCUT2D eigenvalue weighted by Crippen LogP contribution is -2.36. The summed E-state index contributed by atoms with van der Waals surface area (Å²) >= 11 is 0. The lowest BCUT2D eigenvalue weighted by atomic mass is 9.75. The average Bonchev–Trinajstić information content (AvgIpc) is 2.45. The van der Waals surface area contributed by atoms with Crippen LogP contribution in [0.15, 0.2) is 18.2 Å². The van der Waals surface area contributed by atoms with Gasteiger partial charge in [-0.05, 0) is 49.3 Å². The molecule has 118 valence electrons. The van der Waals surface area contributed by atoms with E-state index in [4.69, 9.17) is 9.47 Å². The molecule has 1 atom stereocenters. The first-order chi connectivity index (χ1) is 10.0. The van der Waals surface area contributed by atoms with Gasteiger partial charge in [0.1, 0.15) is 0 Å². The van der Waals surface area contributed by atoms with Gasteiger partial charge in [0.05, 0.1) is 13.7 Å². The minimum atomic E-state index is 0.478. The molecule has 0 bridgehead atoms. The maximum Gasteiger partial charge on any atom is 0.161 e. The number of benzene rings is 1. The van der Waals surface area contributed by atoms with Gasteiger partial charge in [0.2, 0.25) is 0 Å². The Bertz CT molecular complexity index is 457. The fraction of sp³-hybridized carbons (Fsp3) is 0.667. The second-order valence-corrected chi connectivity index (χ2v) is 6.76. The summed E-state index contributed by atoms with van der Waals surface area (Å²) < 4.78 is 11.0. The molecule has 0 spiro atoms. The highest BCUT2D eigenvalue weighted by Crippen LogP contribution is 2.35. The van der Waals surface area contributed by atoms with Crippen LogP contribution in [0.4, 0.5) is 0 Å². The zero-order valence-corrected chi connectivity index (χ0v) is 13.9. The summed E-state index contributed by atoms with van der Waals surface area (Å²) in [5.41, 5.74) is 1.73. The minimum Gasteiger partial charge on any atom is -0.493 e. The Morgan fingerprint density at radius 3 is 2.76 bits per heavy atom. The predicted molar refractivity (Wildman–Crippen MR) is 87.0 cm³/mol. The third-order valence-corrected chi connectivity index (χ3v) is 4.33. The third-order valence-electron chi connectivity index (χ3n) is 4.33. The predicted octanol–water partition coefficient (Wildman–Crippen LogP) is 4.15. The number of ether oxygens (including phenoxy) is 2. The van der Waals surface area contributed by atoms with E-state index < -0.39 is 0 Å². The highest BCUT2D eigenvalue weighted by atomic mass is 16.5. The summed E-state index contributed by atoms with van der Waals surface area (Å²) in [5.74, 6) is 1.64. The van der Waals surface area contributed by atoms with Gasteiger partial charge in [0, 0.05) is 12.6 Å². The molecule has 0 aliphatic heterocycles. The van der Waals surface area contributed by atoms with Crippen molar-refractivity contribution in [2.24, 2.45) is 5.41 Å². The second-order valence-electron chi connectivity index (χ2n) is 6.76. The largest absolute Gasteiger partial charge is 0.493 e. The van der Waals surface area contributed by atoms with E-state index in [1.807, 2.05) is 13.0 Å². The van der Waals surface area contributed by atoms with Crippen LogP contribution in [0.5, 0.6) is 11.5 Å². The molecule has 2 rings (SSSR count). The van der Waals surface area contributed by atoms with Crippen molar-refractivity contribution in [1.82, 2.24) is 5.32 Å². The van der Waals surface area contributed by atoms with Crippen LogP contribution in [0.2, 0.25) is 0 Å². The van der Waals surface area contributed by atoms with E-state index >= 15 is 0 Å². The third kappa shape index (κ3) is 4.63. The zero-order chi connectivity index (χ0) is 15.3. The van der Waals surface area contributed by atoms with Gasteiger partial charge in [-0.1, -0.05) is 26.3 Å². The van der Waals surface area contributed by atoms with Crippen LogP contribution in [-0.2, 0) is 6.54 Å². The van der Waals surface area contributed by atoms with Gasteiger partial charge in [0.25, 0.3) is 0 Å². The van der Waals surface area contributed by atoms with Gasteiger partial charge < -0.3 is 14.8 Å². The van der Waals surface area contributed by atoms with Crippen molar-refractivity contribution in [2.45, 2.75) is 59.0 Å². The Morgan fingerprint density at radius 1 is 1.29 bits per heavy atom. The van der Waals surface area contributed by atoms with Gasteiger partial charge in [-0.15, -0.1) is 0 Å². The van der Waals surface area contributed by atoms with Gasteiger partial charge in [-0.3, -0.25) is 0 Å². The molecule has 0 radical (unpaired) electrons. The standard InChI is InChI=1S/C18H29NO2/c1-5-21-17-11-14(8-9-16(17)20-4)13-19-15-7-6-10-18(2,3)12-15/h8-9,11,15,19H,5-7,10,12-13H2,1-4H3. The first kappa shape index (κ1) is 16.2. The molecule has 1 aliphatic carbocycles. The van der Waals surface area contributed by atoms with E-state index in [0.717, 1.165) is 18.0 Å². The Morgan fingerprint density at radius 2 is 2.10 bits per heavy atom. The first-order valence-corrected chi connectivity index (χ1v) is 8.07. The van der Waals surface area contributed by atoms with Crippen LogP contribution in [-0.4, -0.2) is 19.8 Å². The number of nitrogens with one attached hydrogen (secondary N) is 1. The van der Waals surface area contributed by atoms with Crippen molar-refractivity contribution < 1.29 is 9.47 Å². The molecule has 3 heteroatoms. The van der Waals surface area contributed by atoms with E-state index in [9.17, 15) is 0 Å². The topological polar surface area (TPSA) is 30.5 Å². The highest BCUT2D eigenvalue weighted by Gasteiger charge is 2.27. The maximum absolute atomic E-state index is 5.64. The minimum absolute atomic E-state index is 0.478. The second kappa shape index (κ2) is 7.17. The molecule has 1 N–H and O–H groups in total. The number of hydrogen-bond acceptors (Lipinski definition) is 3. The van der Waals surface area contributed by atoms with E-state index in [2.05, 4.69) is 31.3 Å². The van der Waals surface area contributed by atoms with Crippen LogP contribution in [0.25, 0.3) is 0 Å². The van der Waals surface area contributed by atoms with Crippen molar-refractivity contribution in [3.8, 4) is 11.5 Å². The molecule has 0 aromatic heterocycles. The van der Waals surface area contributed by atoms with Crippen molar-refractivity contribution in [1.29, 1.82) is 0 Å². The van der Waals surface area contributed by atoms with E-state index in [1.54, 1.807) is 7.11 Å². The molecule has 21 heavy (non-hydrogen) atoms. The molecule has 0 amide bonds. The Hall–Kier alpha value is -1.22. The Labute approximate surface area is 129 Å². The summed E-state index contributed by atoms with van der Waals surface area (Å²) in [4.78, 5) is 0. The first-order valence-electron chi connectivity index (χ1n) is 8.07. The molecule has 1 saturated carbocycles. The molecule has 0 saturated heterocycles. The van der Waals surface area contributed by atoms with Crippen LogP contribution < -0.4 is 14.8 Å². The lowest BCUT2D eigenvalue weighted by molar-refractivity contribution is 0.197. The van der Waals surface area contributed by atoms with E-state index in [-0.39, 0.29) is 0 Å². The molecule has 1 aromatic carbocycles. The van der Waals surface area contributed by atoms with Crippen molar-refractivity contribution in [3.63, 3.8) is 0 Å². The molecular formula is C18H29NO2. The van der Waals surface area contributed by atoms with Gasteiger partial charge in [-0.2, -0.15) is 0 Å². The van der Waals surface area contributed by atoms with Crippen LogP contribution in [0.1, 0.15) is 52.0 Å². The molecule has 1 unspecified atom stereocenters. The fourth-order valence-corrected chi connectivity index (χ4v) is 3.23. The SMILES string of the molecule is CCOc1cc(CNC2CCCC(C)(C)C2)ccc1OC. The molecule has 3 nitrogen and oxygen atoms in total.